The summed E-state index contributed by atoms with van der Waals surface area (Å²) in [5.74, 6) is -1.83. The Morgan fingerprint density at radius 2 is 1.92 bits per heavy atom. The van der Waals surface area contributed by atoms with E-state index >= 15 is 0 Å². The Hall–Kier alpha value is -3.97. The summed E-state index contributed by atoms with van der Waals surface area (Å²) in [5, 5.41) is 7.57. The van der Waals surface area contributed by atoms with Crippen molar-refractivity contribution in [3.8, 4) is 0 Å². The molecule has 1 fully saturated rings. The van der Waals surface area contributed by atoms with Crippen LogP contribution in [0.4, 0.5) is 34.8 Å². The second-order valence-corrected chi connectivity index (χ2v) is 8.89. The predicted molar refractivity (Wildman–Crippen MR) is 130 cm³/mol. The van der Waals surface area contributed by atoms with Gasteiger partial charge in [-0.15, -0.1) is 0 Å². The molecule has 0 radical (unpaired) electrons. The topological polar surface area (TPSA) is 131 Å². The van der Waals surface area contributed by atoms with Crippen molar-refractivity contribution < 1.29 is 31.9 Å². The molecular weight excluding hydrogens is 532 g/mol. The third-order valence-corrected chi connectivity index (χ3v) is 5.99. The van der Waals surface area contributed by atoms with Gasteiger partial charge < -0.3 is 26.4 Å². The van der Waals surface area contributed by atoms with Gasteiger partial charge in [-0.3, -0.25) is 14.6 Å². The average Bonchev–Trinajstić information content (AvgIpc) is 3.34. The van der Waals surface area contributed by atoms with Crippen molar-refractivity contribution in [3.63, 3.8) is 0 Å². The lowest BCUT2D eigenvalue weighted by Gasteiger charge is -2.27. The number of nitrogens with one attached hydrogen (secondary N) is 3. The number of halogens is 5. The van der Waals surface area contributed by atoms with Gasteiger partial charge in [0.05, 0.1) is 47.5 Å². The van der Waals surface area contributed by atoms with Gasteiger partial charge in [0, 0.05) is 30.3 Å². The first-order valence-corrected chi connectivity index (χ1v) is 11.5. The van der Waals surface area contributed by atoms with E-state index in [1.165, 1.54) is 24.4 Å². The lowest BCUT2D eigenvalue weighted by molar-refractivity contribution is -0.137. The van der Waals surface area contributed by atoms with Crippen LogP contribution < -0.4 is 21.7 Å². The summed E-state index contributed by atoms with van der Waals surface area (Å²) < 4.78 is 60.0. The fourth-order valence-electron chi connectivity index (χ4n) is 3.74. The lowest BCUT2D eigenvalue weighted by atomic mass is 9.96. The zero-order chi connectivity index (χ0) is 27.5. The number of benzene rings is 1. The number of nitrogen functional groups attached to an aromatic ring is 1. The number of alkyl halides is 3. The predicted octanol–water partition coefficient (Wildman–Crippen LogP) is 3.82. The van der Waals surface area contributed by atoms with E-state index < -0.39 is 34.9 Å². The Balaban J connectivity index is 1.44. The summed E-state index contributed by atoms with van der Waals surface area (Å²) in [6, 6.07) is 6.98. The highest BCUT2D eigenvalue weighted by Gasteiger charge is 2.44. The van der Waals surface area contributed by atoms with Gasteiger partial charge in [-0.1, -0.05) is 11.6 Å². The summed E-state index contributed by atoms with van der Waals surface area (Å²) in [4.78, 5) is 33.5. The summed E-state index contributed by atoms with van der Waals surface area (Å²) in [7, 11) is 0. The monoisotopic (exact) mass is 552 g/mol. The highest BCUT2D eigenvalue weighted by Crippen LogP contribution is 2.37. The smallest absolute Gasteiger partial charge is 0.384 e. The first-order chi connectivity index (χ1) is 18.0. The number of pyridine rings is 2. The van der Waals surface area contributed by atoms with Crippen LogP contribution in [0.25, 0.3) is 0 Å². The number of nitrogens with zero attached hydrogens (tertiary/aromatic N) is 2. The molecule has 0 unspecified atom stereocenters. The normalized spacial score (nSPS) is 17.2. The molecule has 1 aromatic carbocycles. The van der Waals surface area contributed by atoms with E-state index in [1.54, 1.807) is 0 Å². The average molecular weight is 553 g/mol. The maximum Gasteiger partial charge on any atom is 0.418 e. The molecule has 3 heterocycles. The number of aromatic nitrogens is 2. The summed E-state index contributed by atoms with van der Waals surface area (Å²) in [6.45, 7) is -0.236. The molecule has 1 atom stereocenters. The number of hydrogen-bond acceptors (Lipinski definition) is 7. The molecule has 200 valence electrons. The molecule has 9 nitrogen and oxygen atoms in total. The highest BCUT2D eigenvalue weighted by molar-refractivity contribution is 6.30. The SMILES string of the molecule is Nc1ccc(C(=O)N[C@@]2(C(=O)NCc3ncc(Nc4ccc(Cl)cc4C(F)(F)F)cc3F)CCOC2)cn1. The molecule has 1 aliphatic rings. The van der Waals surface area contributed by atoms with Crippen molar-refractivity contribution in [2.45, 2.75) is 24.7 Å². The second-order valence-electron chi connectivity index (χ2n) is 8.46. The van der Waals surface area contributed by atoms with Crippen molar-refractivity contribution in [1.82, 2.24) is 20.6 Å². The molecule has 2 amide bonds. The number of rotatable bonds is 7. The van der Waals surface area contributed by atoms with E-state index in [4.69, 9.17) is 22.1 Å². The Bertz CT molecular complexity index is 1350. The number of hydrogen-bond donors (Lipinski definition) is 4. The minimum atomic E-state index is -4.69. The largest absolute Gasteiger partial charge is 0.418 e. The van der Waals surface area contributed by atoms with Crippen LogP contribution >= 0.6 is 11.6 Å². The van der Waals surface area contributed by atoms with Gasteiger partial charge in [-0.25, -0.2) is 9.37 Å². The number of amides is 2. The quantitative estimate of drug-likeness (QED) is 0.328. The van der Waals surface area contributed by atoms with Crippen LogP contribution in [0.5, 0.6) is 0 Å². The van der Waals surface area contributed by atoms with Crippen LogP contribution in [0.2, 0.25) is 5.02 Å². The molecule has 5 N–H and O–H groups in total. The molecule has 0 saturated carbocycles. The summed E-state index contributed by atoms with van der Waals surface area (Å²) >= 11 is 5.68. The molecule has 0 spiro atoms. The third-order valence-electron chi connectivity index (χ3n) is 5.76. The van der Waals surface area contributed by atoms with Crippen LogP contribution in [-0.4, -0.2) is 40.5 Å². The zero-order valence-corrected chi connectivity index (χ0v) is 20.3. The number of carbonyl (C=O) groups is 2. The standard InChI is InChI=1S/C24H21ClF4N6O3/c25-14-2-3-18(16(7-14)24(27,28)29)34-15-8-17(26)19(31-10-15)11-33-22(37)23(5-6-38-12-23)35-21(36)13-1-4-20(30)32-9-13/h1-4,7-10,34H,5-6,11-12H2,(H2,30,32)(H,33,37)(H,35,36)/t23-/m0/s1. The van der Waals surface area contributed by atoms with E-state index in [9.17, 15) is 27.2 Å². The molecule has 1 saturated heterocycles. The minimum Gasteiger partial charge on any atom is -0.384 e. The Morgan fingerprint density at radius 3 is 2.55 bits per heavy atom. The van der Waals surface area contributed by atoms with Gasteiger partial charge in [-0.2, -0.15) is 13.2 Å². The van der Waals surface area contributed by atoms with Crippen LogP contribution in [0.3, 0.4) is 0 Å². The van der Waals surface area contributed by atoms with E-state index in [0.717, 1.165) is 24.4 Å². The maximum absolute atomic E-state index is 14.7. The van der Waals surface area contributed by atoms with Crippen molar-refractivity contribution >= 4 is 40.6 Å². The Kier molecular flexibility index (Phi) is 7.69. The Labute approximate surface area is 218 Å². The molecule has 3 aromatic rings. The Morgan fingerprint density at radius 1 is 1.13 bits per heavy atom. The van der Waals surface area contributed by atoms with E-state index in [0.29, 0.717) is 0 Å². The molecule has 0 bridgehead atoms. The van der Waals surface area contributed by atoms with Gasteiger partial charge in [0.25, 0.3) is 5.91 Å². The molecule has 1 aliphatic heterocycles. The first-order valence-electron chi connectivity index (χ1n) is 11.2. The molecule has 2 aromatic heterocycles. The lowest BCUT2D eigenvalue weighted by Crippen LogP contribution is -2.59. The molecular formula is C24H21ClF4N6O3. The zero-order valence-electron chi connectivity index (χ0n) is 19.5. The van der Waals surface area contributed by atoms with Crippen molar-refractivity contribution in [1.29, 1.82) is 0 Å². The number of anilines is 3. The molecule has 38 heavy (non-hydrogen) atoms. The van der Waals surface area contributed by atoms with Gasteiger partial charge in [-0.05, 0) is 30.3 Å². The van der Waals surface area contributed by atoms with E-state index in [1.807, 2.05) is 0 Å². The highest BCUT2D eigenvalue weighted by atomic mass is 35.5. The molecule has 4 rings (SSSR count). The molecule has 0 aliphatic carbocycles. The number of carbonyl (C=O) groups excluding carboxylic acids is 2. The summed E-state index contributed by atoms with van der Waals surface area (Å²) in [6.07, 6.45) is -2.12. The van der Waals surface area contributed by atoms with Gasteiger partial charge in [0.1, 0.15) is 17.2 Å². The van der Waals surface area contributed by atoms with Crippen LogP contribution in [0, 0.1) is 5.82 Å². The van der Waals surface area contributed by atoms with Crippen molar-refractivity contribution in [2.75, 3.05) is 24.3 Å². The minimum absolute atomic E-state index is 0.0459. The van der Waals surface area contributed by atoms with Crippen molar-refractivity contribution in [2.24, 2.45) is 0 Å². The van der Waals surface area contributed by atoms with Crippen LogP contribution in [0.15, 0.2) is 48.8 Å². The number of ether oxygens (including phenoxy) is 1. The fraction of sp³-hybridized carbons (Fsp3) is 0.250. The van der Waals surface area contributed by atoms with Crippen molar-refractivity contribution in [3.05, 3.63) is 76.5 Å². The van der Waals surface area contributed by atoms with Gasteiger partial charge in [0.2, 0.25) is 5.91 Å². The van der Waals surface area contributed by atoms with Crippen LogP contribution in [-0.2, 0) is 22.3 Å². The first kappa shape index (κ1) is 27.1. The van der Waals surface area contributed by atoms with E-state index in [-0.39, 0.29) is 59.7 Å². The van der Waals surface area contributed by atoms with Gasteiger partial charge >= 0.3 is 6.18 Å². The summed E-state index contributed by atoms with van der Waals surface area (Å²) in [5.41, 5.74) is 2.74. The fourth-order valence-corrected chi connectivity index (χ4v) is 3.91. The van der Waals surface area contributed by atoms with Gasteiger partial charge in [0.15, 0.2) is 0 Å². The maximum atomic E-state index is 14.7. The second kappa shape index (κ2) is 10.8. The number of nitrogens with two attached hydrogens (primary N) is 1. The van der Waals surface area contributed by atoms with E-state index in [2.05, 4.69) is 25.9 Å². The third kappa shape index (κ3) is 6.11. The van der Waals surface area contributed by atoms with Crippen LogP contribution in [0.1, 0.15) is 28.0 Å². The molecule has 14 heteroatoms.